The molecule has 0 fully saturated rings. The minimum atomic E-state index is -0.382. The Kier molecular flexibility index (Phi) is 14.7. The maximum atomic E-state index is 10.1. The summed E-state index contributed by atoms with van der Waals surface area (Å²) in [7, 11) is 0. The van der Waals surface area contributed by atoms with Crippen molar-refractivity contribution in [1.29, 1.82) is 0 Å². The van der Waals surface area contributed by atoms with E-state index in [0.29, 0.717) is 17.4 Å². The summed E-state index contributed by atoms with van der Waals surface area (Å²) < 4.78 is 48.3. The molecule has 0 saturated heterocycles. The Morgan fingerprint density at radius 1 is 0.361 bits per heavy atom. The van der Waals surface area contributed by atoms with Gasteiger partial charge in [0.05, 0.1) is 18.9 Å². The van der Waals surface area contributed by atoms with Crippen LogP contribution in [0.4, 0.5) is 56.9 Å². The lowest BCUT2D eigenvalue weighted by Gasteiger charge is -2.53. The molecule has 478 valence electrons. The van der Waals surface area contributed by atoms with Gasteiger partial charge in [0.15, 0.2) is 0 Å². The zero-order chi connectivity index (χ0) is 68.5. The van der Waals surface area contributed by atoms with Crippen LogP contribution in [-0.4, -0.2) is 18.8 Å². The number of nitrogens with zero attached hydrogens (tertiary/aromatic N) is 4. The first-order chi connectivity index (χ1) is 50.2. The van der Waals surface area contributed by atoms with E-state index in [1.807, 2.05) is 0 Å². The van der Waals surface area contributed by atoms with E-state index in [-0.39, 0.29) is 66.4 Å². The minimum absolute atomic E-state index is 0.0994. The van der Waals surface area contributed by atoms with Crippen LogP contribution in [0.1, 0.15) is 122 Å². The fourth-order valence-electron chi connectivity index (χ4n) is 18.8. The van der Waals surface area contributed by atoms with E-state index in [1.165, 1.54) is 74.8 Å². The summed E-state index contributed by atoms with van der Waals surface area (Å²) in [6.07, 6.45) is 39.5. The first kappa shape index (κ1) is 54.5. The first-order valence-corrected chi connectivity index (χ1v) is 36.6. The van der Waals surface area contributed by atoms with Crippen LogP contribution in [0.25, 0.3) is 32.7 Å². The van der Waals surface area contributed by atoms with E-state index in [2.05, 4.69) is 262 Å². The lowest BCUT2D eigenvalue weighted by molar-refractivity contribution is 0.391. The fourth-order valence-corrected chi connectivity index (χ4v) is 18.8. The molecule has 0 radical (unpaired) electrons. The number of hydrogen-bond acceptors (Lipinski definition) is 4. The number of rotatable bonds is 13. The Morgan fingerprint density at radius 2 is 0.814 bits per heavy atom. The van der Waals surface area contributed by atoms with Crippen molar-refractivity contribution in [2.45, 2.75) is 128 Å². The van der Waals surface area contributed by atoms with E-state index >= 15 is 0 Å². The number of benzene rings is 10. The van der Waals surface area contributed by atoms with Crippen LogP contribution >= 0.6 is 0 Å². The molecule has 0 spiro atoms. The summed E-state index contributed by atoms with van der Waals surface area (Å²) in [5.74, 6) is 1.03. The van der Waals surface area contributed by atoms with Gasteiger partial charge in [-0.05, 0) is 273 Å². The van der Waals surface area contributed by atoms with E-state index in [9.17, 15) is 5.48 Å². The van der Waals surface area contributed by atoms with Gasteiger partial charge in [-0.15, -0.1) is 0 Å². The molecule has 10 aromatic carbocycles. The highest BCUT2D eigenvalue weighted by Crippen LogP contribution is 2.54. The number of anilines is 10. The molecule has 6 aliphatic carbocycles. The topological polar surface area (TPSA) is 13.0 Å². The molecule has 2 heterocycles. The molecule has 0 amide bonds. The van der Waals surface area contributed by atoms with Crippen molar-refractivity contribution in [3.63, 3.8) is 0 Å². The van der Waals surface area contributed by atoms with Crippen LogP contribution in [0.3, 0.4) is 0 Å². The summed E-state index contributed by atoms with van der Waals surface area (Å²) in [4.78, 5) is 10.5. The normalized spacial score (nSPS) is 22.7. The molecule has 97 heavy (non-hydrogen) atoms. The van der Waals surface area contributed by atoms with E-state index < -0.39 is 0 Å². The van der Waals surface area contributed by atoms with Crippen molar-refractivity contribution < 1.29 is 6.85 Å². The summed E-state index contributed by atoms with van der Waals surface area (Å²) in [6, 6.07) is 70.7. The fraction of sp³-hybridized carbons (Fsp3) is 0.261. The van der Waals surface area contributed by atoms with E-state index in [0.717, 1.165) is 147 Å². The lowest BCUT2D eigenvalue weighted by atomic mass is 9.33. The highest BCUT2D eigenvalue weighted by molar-refractivity contribution is 7.00. The predicted octanol–water partition coefficient (Wildman–Crippen LogP) is 23.1. The van der Waals surface area contributed by atoms with Crippen LogP contribution in [-0.2, 0) is 0 Å². The van der Waals surface area contributed by atoms with Crippen molar-refractivity contribution in [3.8, 4) is 11.1 Å². The molecule has 5 heteroatoms. The number of fused-ring (bicyclic) bond motifs is 6. The second-order valence-electron chi connectivity index (χ2n) is 28.7. The average Bonchev–Trinajstić information content (AvgIpc) is 0.686. The van der Waals surface area contributed by atoms with Gasteiger partial charge in [-0.1, -0.05) is 199 Å². The second-order valence-corrected chi connectivity index (χ2v) is 28.7. The van der Waals surface area contributed by atoms with Crippen LogP contribution in [0, 0.1) is 23.7 Å². The van der Waals surface area contributed by atoms with Crippen molar-refractivity contribution >= 4 is 102 Å². The van der Waals surface area contributed by atoms with Crippen LogP contribution in [0.15, 0.2) is 295 Å². The summed E-state index contributed by atoms with van der Waals surface area (Å²) >= 11 is 0. The Morgan fingerprint density at radius 3 is 1.27 bits per heavy atom. The molecule has 0 saturated carbocycles. The Balaban J connectivity index is 0.978. The Hall–Kier alpha value is -9.58. The van der Waals surface area contributed by atoms with Gasteiger partial charge in [0.1, 0.15) is 0 Å². The maximum absolute atomic E-state index is 10.1. The molecule has 18 rings (SSSR count). The molecule has 10 aromatic rings. The molecular formula is C92H87BN4. The zero-order valence-corrected chi connectivity index (χ0v) is 55.7. The molecule has 0 aromatic heterocycles. The van der Waals surface area contributed by atoms with Gasteiger partial charge in [0.2, 0.25) is 0 Å². The van der Waals surface area contributed by atoms with Gasteiger partial charge in [0, 0.05) is 68.7 Å². The largest absolute Gasteiger partial charge is 0.334 e. The summed E-state index contributed by atoms with van der Waals surface area (Å²) in [5, 5.41) is 4.73. The lowest BCUT2D eigenvalue weighted by Crippen LogP contribution is -2.65. The van der Waals surface area contributed by atoms with Crippen molar-refractivity contribution in [2.24, 2.45) is 23.7 Å². The van der Waals surface area contributed by atoms with Gasteiger partial charge in [-0.2, -0.15) is 0 Å². The van der Waals surface area contributed by atoms with Gasteiger partial charge in [-0.25, -0.2) is 0 Å². The van der Waals surface area contributed by atoms with Gasteiger partial charge in [0.25, 0.3) is 6.71 Å². The third-order valence-corrected chi connectivity index (χ3v) is 23.2. The zero-order valence-electron chi connectivity index (χ0n) is 60.7. The molecule has 0 N–H and O–H groups in total. The number of allylic oxidation sites excluding steroid dienone is 8. The van der Waals surface area contributed by atoms with Crippen molar-refractivity contribution in [1.82, 2.24) is 0 Å². The summed E-state index contributed by atoms with van der Waals surface area (Å²) in [5.41, 5.74) is 21.5. The highest BCUT2D eigenvalue weighted by atomic mass is 15.2. The number of para-hydroxylation sites is 2. The SMILES string of the molecule is [2H]c1c([2H])c([2H])c(-c2cc3c4c(c2)N(C2C(C5CC=CCC5)=CCCC2C2=CCCCC2)c2cc(N(c5ccccc5)c5ccc6ccccc6c5)ccc2B4c2ccc(N(c4ccccc4)c4ccc5ccccc5c4)cc2N3C2C(C3CC=CCC3)=CCCC2C2=CCCCC2)c([2H])c1[2H]. The molecule has 2 aliphatic heterocycles. The number of hydrogen-bond donors (Lipinski definition) is 0. The van der Waals surface area contributed by atoms with Gasteiger partial charge < -0.3 is 19.6 Å². The Labute approximate surface area is 582 Å². The molecule has 6 atom stereocenters. The predicted molar refractivity (Wildman–Crippen MR) is 413 cm³/mol. The second kappa shape index (κ2) is 26.1. The quantitative estimate of drug-likeness (QED) is 0.0842. The van der Waals surface area contributed by atoms with Gasteiger partial charge in [-0.3, -0.25) is 0 Å². The molecular weight excluding hydrogens is 1170 g/mol. The van der Waals surface area contributed by atoms with Crippen LogP contribution in [0.5, 0.6) is 0 Å². The highest BCUT2D eigenvalue weighted by Gasteiger charge is 2.51. The third kappa shape index (κ3) is 11.0. The van der Waals surface area contributed by atoms with Crippen LogP contribution in [0.2, 0.25) is 0 Å². The summed E-state index contributed by atoms with van der Waals surface area (Å²) in [6.45, 7) is -0.289. The van der Waals surface area contributed by atoms with E-state index in [1.54, 1.807) is 11.1 Å². The smallest absolute Gasteiger partial charge is 0.252 e. The maximum Gasteiger partial charge on any atom is 0.252 e. The third-order valence-electron chi connectivity index (χ3n) is 23.2. The molecule has 6 unspecified atom stereocenters. The standard InChI is InChI=1S/C92H87BN4/c1-8-28-64(29-9-1)73-60-88-90-89(61-73)97(92-82(69-36-14-4-15-37-69)48-27-49-83(92)70-38-16-5-17-39-70)87-63-79(95(75-44-20-7-21-45-75)77-53-51-66-31-23-25-41-72(66)59-77)55-57-85(87)93(90)84-56-54-78(94(74-42-18-6-19-43-74)76-52-50-65-30-22-24-40-71(65)58-76)62-86(84)96(88)91-80(67-32-10-2-11-33-67)46-26-47-81(91)68-34-12-3-13-35-68/h1-2,4,6-10,14,18-25,28-31,34,38,40-46,48,50-63,67,69,81,83,91-92H,3,5,11-13,15-17,26-27,32-33,35-37,39,47,49H2/i1D,8D,9D,28D,29D. The molecule has 8 aliphatic rings. The van der Waals surface area contributed by atoms with Crippen molar-refractivity contribution in [2.75, 3.05) is 19.6 Å². The first-order valence-electron chi connectivity index (χ1n) is 39.1. The average molecular weight is 1260 g/mol. The van der Waals surface area contributed by atoms with Crippen LogP contribution < -0.4 is 36.0 Å². The molecule has 4 nitrogen and oxygen atoms in total. The molecule has 0 bridgehead atoms. The van der Waals surface area contributed by atoms with Crippen molar-refractivity contribution in [3.05, 3.63) is 295 Å². The Bertz CT molecular complexity index is 4820. The van der Waals surface area contributed by atoms with Gasteiger partial charge >= 0.3 is 0 Å². The monoisotopic (exact) mass is 1260 g/mol. The minimum Gasteiger partial charge on any atom is -0.334 e. The van der Waals surface area contributed by atoms with E-state index in [4.69, 9.17) is 1.37 Å².